The number of rotatable bonds is 5. The molecule has 0 amide bonds. The first-order valence-corrected chi connectivity index (χ1v) is 7.58. The lowest BCUT2D eigenvalue weighted by molar-refractivity contribution is -0.128. The van der Waals surface area contributed by atoms with Gasteiger partial charge < -0.3 is 18.6 Å². The summed E-state index contributed by atoms with van der Waals surface area (Å²) in [4.78, 5) is 16.3. The Morgan fingerprint density at radius 3 is 2.64 bits per heavy atom. The van der Waals surface area contributed by atoms with Crippen LogP contribution in [0, 0.1) is 6.92 Å². The van der Waals surface area contributed by atoms with Crippen molar-refractivity contribution in [3.05, 3.63) is 53.9 Å². The Bertz CT molecular complexity index is 942. The monoisotopic (exact) mass is 339 g/mol. The number of oxazole rings is 1. The van der Waals surface area contributed by atoms with Gasteiger partial charge in [0.25, 0.3) is 0 Å². The Morgan fingerprint density at radius 2 is 1.88 bits per heavy atom. The van der Waals surface area contributed by atoms with E-state index in [0.29, 0.717) is 39.8 Å². The molecule has 0 aliphatic carbocycles. The van der Waals surface area contributed by atoms with Crippen molar-refractivity contribution in [2.75, 3.05) is 14.2 Å². The van der Waals surface area contributed by atoms with Crippen LogP contribution in [0.3, 0.4) is 0 Å². The predicted molar refractivity (Wildman–Crippen MR) is 93.0 cm³/mol. The third kappa shape index (κ3) is 3.80. The lowest BCUT2D eigenvalue weighted by Gasteiger charge is -2.07. The average molecular weight is 339 g/mol. The van der Waals surface area contributed by atoms with Gasteiger partial charge in [0, 0.05) is 24.6 Å². The largest absolute Gasteiger partial charge is 0.497 e. The van der Waals surface area contributed by atoms with Crippen LogP contribution in [0.5, 0.6) is 17.2 Å². The molecule has 0 spiro atoms. The summed E-state index contributed by atoms with van der Waals surface area (Å²) in [5.41, 5.74) is 2.00. The van der Waals surface area contributed by atoms with Crippen LogP contribution in [0.25, 0.3) is 17.2 Å². The highest BCUT2D eigenvalue weighted by Gasteiger charge is 2.07. The standard InChI is InChI=1S/C19H17NO5/c1-12-20-16-7-5-15(11-18(16)24-12)25-19(21)9-4-13-10-14(22-2)6-8-17(13)23-3/h4-11H,1-3H3/b9-4+. The number of esters is 1. The van der Waals surface area contributed by atoms with Gasteiger partial charge in [-0.1, -0.05) is 0 Å². The van der Waals surface area contributed by atoms with Crippen LogP contribution in [0.2, 0.25) is 0 Å². The first kappa shape index (κ1) is 16.6. The fourth-order valence-electron chi connectivity index (χ4n) is 2.36. The Hall–Kier alpha value is -3.28. The van der Waals surface area contributed by atoms with Gasteiger partial charge >= 0.3 is 5.97 Å². The SMILES string of the molecule is COc1ccc(OC)c(/C=C/C(=O)Oc2ccc3nc(C)oc3c2)c1. The number of nitrogens with zero attached hydrogens (tertiary/aromatic N) is 1. The number of carbonyl (C=O) groups is 1. The van der Waals surface area contributed by atoms with E-state index in [1.165, 1.54) is 6.08 Å². The van der Waals surface area contributed by atoms with Gasteiger partial charge in [-0.3, -0.25) is 0 Å². The van der Waals surface area contributed by atoms with Crippen LogP contribution in [-0.4, -0.2) is 25.2 Å². The van der Waals surface area contributed by atoms with E-state index in [2.05, 4.69) is 4.98 Å². The first-order valence-electron chi connectivity index (χ1n) is 7.58. The van der Waals surface area contributed by atoms with Gasteiger partial charge in [-0.25, -0.2) is 9.78 Å². The molecule has 0 aliphatic rings. The Morgan fingerprint density at radius 1 is 1.08 bits per heavy atom. The van der Waals surface area contributed by atoms with Crippen molar-refractivity contribution < 1.29 is 23.4 Å². The fraction of sp³-hybridized carbons (Fsp3) is 0.158. The van der Waals surface area contributed by atoms with Gasteiger partial charge in [-0.05, 0) is 36.4 Å². The van der Waals surface area contributed by atoms with Crippen LogP contribution in [0.15, 0.2) is 46.9 Å². The minimum atomic E-state index is -0.513. The van der Waals surface area contributed by atoms with Crippen molar-refractivity contribution in [2.24, 2.45) is 0 Å². The van der Waals surface area contributed by atoms with Crippen molar-refractivity contribution in [3.8, 4) is 17.2 Å². The van der Waals surface area contributed by atoms with E-state index >= 15 is 0 Å². The Labute approximate surface area is 144 Å². The molecule has 25 heavy (non-hydrogen) atoms. The summed E-state index contributed by atoms with van der Waals surface area (Å²) >= 11 is 0. The number of aryl methyl sites for hydroxylation is 1. The van der Waals surface area contributed by atoms with Crippen LogP contribution in [-0.2, 0) is 4.79 Å². The number of fused-ring (bicyclic) bond motifs is 1. The number of aromatic nitrogens is 1. The quantitative estimate of drug-likeness (QED) is 0.400. The highest BCUT2D eigenvalue weighted by atomic mass is 16.5. The molecule has 0 bridgehead atoms. The van der Waals surface area contributed by atoms with Crippen LogP contribution >= 0.6 is 0 Å². The molecule has 0 fully saturated rings. The summed E-state index contributed by atoms with van der Waals surface area (Å²) in [5, 5.41) is 0. The highest BCUT2D eigenvalue weighted by Crippen LogP contribution is 2.25. The third-order valence-electron chi connectivity index (χ3n) is 3.52. The van der Waals surface area contributed by atoms with Crippen molar-refractivity contribution in [2.45, 2.75) is 6.92 Å². The molecule has 3 aromatic rings. The highest BCUT2D eigenvalue weighted by molar-refractivity contribution is 5.89. The second-order valence-corrected chi connectivity index (χ2v) is 5.22. The molecule has 0 atom stereocenters. The fourth-order valence-corrected chi connectivity index (χ4v) is 2.36. The van der Waals surface area contributed by atoms with E-state index in [4.69, 9.17) is 18.6 Å². The molecule has 6 heteroatoms. The van der Waals surface area contributed by atoms with Crippen LogP contribution in [0.1, 0.15) is 11.5 Å². The summed E-state index contributed by atoms with van der Waals surface area (Å²) in [7, 11) is 3.14. The van der Waals surface area contributed by atoms with Crippen LogP contribution in [0.4, 0.5) is 0 Å². The normalized spacial score (nSPS) is 11.0. The van der Waals surface area contributed by atoms with E-state index in [-0.39, 0.29) is 0 Å². The van der Waals surface area contributed by atoms with Crippen LogP contribution < -0.4 is 14.2 Å². The first-order chi connectivity index (χ1) is 12.1. The van der Waals surface area contributed by atoms with E-state index in [1.807, 2.05) is 0 Å². The van der Waals surface area contributed by atoms with Crippen molar-refractivity contribution in [1.29, 1.82) is 0 Å². The summed E-state index contributed by atoms with van der Waals surface area (Å²) in [6.07, 6.45) is 2.94. The third-order valence-corrected chi connectivity index (χ3v) is 3.52. The molecule has 128 valence electrons. The Balaban J connectivity index is 1.75. The molecule has 0 saturated carbocycles. The molecule has 2 aromatic carbocycles. The maximum atomic E-state index is 12.1. The summed E-state index contributed by atoms with van der Waals surface area (Å²) < 4.78 is 21.2. The Kier molecular flexibility index (Phi) is 4.70. The number of benzene rings is 2. The molecule has 0 unspecified atom stereocenters. The number of ether oxygens (including phenoxy) is 3. The van der Waals surface area contributed by atoms with E-state index in [0.717, 1.165) is 0 Å². The lowest BCUT2D eigenvalue weighted by Crippen LogP contribution is -2.03. The predicted octanol–water partition coefficient (Wildman–Crippen LogP) is 3.77. The topological polar surface area (TPSA) is 70.8 Å². The van der Waals surface area contributed by atoms with Gasteiger partial charge in [0.1, 0.15) is 22.8 Å². The van der Waals surface area contributed by atoms with Crippen molar-refractivity contribution >= 4 is 23.1 Å². The number of carbonyl (C=O) groups excluding carboxylic acids is 1. The average Bonchev–Trinajstić information content (AvgIpc) is 2.99. The molecular formula is C19H17NO5. The molecule has 0 aliphatic heterocycles. The second kappa shape index (κ2) is 7.09. The molecule has 1 aromatic heterocycles. The number of hydrogen-bond acceptors (Lipinski definition) is 6. The van der Waals surface area contributed by atoms with Gasteiger partial charge in [0.15, 0.2) is 11.5 Å². The zero-order chi connectivity index (χ0) is 17.8. The maximum Gasteiger partial charge on any atom is 0.336 e. The molecule has 3 rings (SSSR count). The molecule has 0 radical (unpaired) electrons. The second-order valence-electron chi connectivity index (χ2n) is 5.22. The molecule has 6 nitrogen and oxygen atoms in total. The molecule has 0 saturated heterocycles. The smallest absolute Gasteiger partial charge is 0.336 e. The zero-order valence-electron chi connectivity index (χ0n) is 14.1. The van der Waals surface area contributed by atoms with E-state index in [9.17, 15) is 4.79 Å². The summed E-state index contributed by atoms with van der Waals surface area (Å²) in [5.74, 6) is 1.73. The molecular weight excluding hydrogens is 322 g/mol. The zero-order valence-corrected chi connectivity index (χ0v) is 14.1. The number of hydrogen-bond donors (Lipinski definition) is 0. The number of methoxy groups -OCH3 is 2. The molecule has 0 N–H and O–H groups in total. The van der Waals surface area contributed by atoms with E-state index in [1.54, 1.807) is 63.6 Å². The minimum absolute atomic E-state index is 0.385. The lowest BCUT2D eigenvalue weighted by atomic mass is 10.1. The van der Waals surface area contributed by atoms with Gasteiger partial charge in [0.2, 0.25) is 0 Å². The summed E-state index contributed by atoms with van der Waals surface area (Å²) in [6.45, 7) is 1.76. The minimum Gasteiger partial charge on any atom is -0.497 e. The summed E-state index contributed by atoms with van der Waals surface area (Å²) in [6, 6.07) is 10.4. The molecule has 1 heterocycles. The van der Waals surface area contributed by atoms with Gasteiger partial charge in [0.05, 0.1) is 14.2 Å². The van der Waals surface area contributed by atoms with Gasteiger partial charge in [-0.15, -0.1) is 0 Å². The van der Waals surface area contributed by atoms with E-state index < -0.39 is 5.97 Å². The van der Waals surface area contributed by atoms with Crippen molar-refractivity contribution in [1.82, 2.24) is 4.98 Å². The van der Waals surface area contributed by atoms with Gasteiger partial charge in [-0.2, -0.15) is 0 Å². The van der Waals surface area contributed by atoms with Crippen molar-refractivity contribution in [3.63, 3.8) is 0 Å². The maximum absolute atomic E-state index is 12.1.